The van der Waals surface area contributed by atoms with Gasteiger partial charge in [-0.25, -0.2) is 4.39 Å². The van der Waals surface area contributed by atoms with Crippen LogP contribution in [0.4, 0.5) is 4.39 Å². The normalized spacial score (nSPS) is 25.2. The number of alkyl halides is 1. The van der Waals surface area contributed by atoms with Crippen molar-refractivity contribution in [2.45, 2.75) is 63.7 Å². The summed E-state index contributed by atoms with van der Waals surface area (Å²) in [6.45, 7) is 5.26. The number of ether oxygens (including phenoxy) is 1. The van der Waals surface area contributed by atoms with Crippen LogP contribution < -0.4 is 0 Å². The molecule has 2 aliphatic carbocycles. The molecule has 2 saturated carbocycles. The van der Waals surface area contributed by atoms with E-state index >= 15 is 0 Å². The quantitative estimate of drug-likeness (QED) is 0.803. The summed E-state index contributed by atoms with van der Waals surface area (Å²) in [6, 6.07) is 0. The maximum absolute atomic E-state index is 14.6. The Morgan fingerprint density at radius 3 is 2.83 bits per heavy atom. The smallest absolute Gasteiger partial charge is 0.260 e. The molecule has 3 aliphatic rings. The molecule has 1 amide bonds. The van der Waals surface area contributed by atoms with Crippen molar-refractivity contribution in [3.8, 4) is 0 Å². The van der Waals surface area contributed by atoms with Crippen LogP contribution in [-0.2, 0) is 22.6 Å². The van der Waals surface area contributed by atoms with E-state index in [-0.39, 0.29) is 11.8 Å². The number of rotatable bonds is 6. The second-order valence-corrected chi connectivity index (χ2v) is 7.55. The maximum atomic E-state index is 14.6. The number of carbonyl (C=O) groups is 1. The van der Waals surface area contributed by atoms with E-state index in [1.807, 2.05) is 10.9 Å². The average Bonchev–Trinajstić information content (AvgIpc) is 3.28. The summed E-state index contributed by atoms with van der Waals surface area (Å²) in [5.74, 6) is 0.462. The van der Waals surface area contributed by atoms with Gasteiger partial charge in [0.1, 0.15) is 0 Å². The largest absolute Gasteiger partial charge is 0.380 e. The first-order valence-corrected chi connectivity index (χ1v) is 9.21. The first-order chi connectivity index (χ1) is 11.6. The van der Waals surface area contributed by atoms with Gasteiger partial charge in [-0.05, 0) is 44.9 Å². The van der Waals surface area contributed by atoms with Crippen molar-refractivity contribution in [3.63, 3.8) is 0 Å². The van der Waals surface area contributed by atoms with Crippen LogP contribution in [0.1, 0.15) is 56.2 Å². The second-order valence-electron chi connectivity index (χ2n) is 7.55. The number of hydrogen-bond acceptors (Lipinski definition) is 3. The van der Waals surface area contributed by atoms with Crippen molar-refractivity contribution in [3.05, 3.63) is 17.5 Å². The monoisotopic (exact) mass is 335 g/mol. The molecule has 1 atom stereocenters. The van der Waals surface area contributed by atoms with Crippen LogP contribution in [0, 0.1) is 5.92 Å². The fraction of sp³-hybridized carbons (Fsp3) is 0.778. The van der Waals surface area contributed by atoms with Crippen LogP contribution in [0.5, 0.6) is 0 Å². The zero-order chi connectivity index (χ0) is 16.7. The predicted octanol–water partition coefficient (Wildman–Crippen LogP) is 2.65. The first kappa shape index (κ1) is 16.1. The van der Waals surface area contributed by atoms with Gasteiger partial charge in [0.15, 0.2) is 5.67 Å². The van der Waals surface area contributed by atoms with Crippen molar-refractivity contribution in [2.75, 3.05) is 19.8 Å². The summed E-state index contributed by atoms with van der Waals surface area (Å²) < 4.78 is 22.5. The van der Waals surface area contributed by atoms with Crippen LogP contribution >= 0.6 is 0 Å². The third-order valence-electron chi connectivity index (χ3n) is 5.63. The topological polar surface area (TPSA) is 47.4 Å². The van der Waals surface area contributed by atoms with Gasteiger partial charge in [-0.1, -0.05) is 0 Å². The zero-order valence-corrected chi connectivity index (χ0v) is 14.3. The highest BCUT2D eigenvalue weighted by Gasteiger charge is 2.48. The molecular weight excluding hydrogens is 309 g/mol. The highest BCUT2D eigenvalue weighted by Crippen LogP contribution is 2.40. The Morgan fingerprint density at radius 1 is 1.42 bits per heavy atom. The number of fused-ring (bicyclic) bond motifs is 1. The number of aryl methyl sites for hydroxylation is 1. The highest BCUT2D eigenvalue weighted by atomic mass is 19.1. The predicted molar refractivity (Wildman–Crippen MR) is 87.3 cm³/mol. The van der Waals surface area contributed by atoms with Gasteiger partial charge in [0.2, 0.25) is 0 Å². The minimum absolute atomic E-state index is 0.0857. The van der Waals surface area contributed by atoms with Crippen LogP contribution in [0.25, 0.3) is 0 Å². The fourth-order valence-corrected chi connectivity index (χ4v) is 3.84. The lowest BCUT2D eigenvalue weighted by atomic mass is 9.80. The van der Waals surface area contributed by atoms with Gasteiger partial charge in [0, 0.05) is 37.7 Å². The number of amides is 1. The molecule has 132 valence electrons. The second kappa shape index (κ2) is 6.14. The van der Waals surface area contributed by atoms with Gasteiger partial charge >= 0.3 is 0 Å². The Hall–Kier alpha value is -1.43. The lowest BCUT2D eigenvalue weighted by molar-refractivity contribution is -0.151. The zero-order valence-electron chi connectivity index (χ0n) is 14.3. The molecule has 0 N–H and O–H groups in total. The average molecular weight is 335 g/mol. The Labute approximate surface area is 142 Å². The van der Waals surface area contributed by atoms with Crippen molar-refractivity contribution < 1.29 is 13.9 Å². The molecule has 1 aromatic heterocycles. The Kier molecular flexibility index (Phi) is 4.11. The Balaban J connectivity index is 1.51. The third-order valence-corrected chi connectivity index (χ3v) is 5.63. The van der Waals surface area contributed by atoms with E-state index in [4.69, 9.17) is 4.74 Å². The summed E-state index contributed by atoms with van der Waals surface area (Å²) in [7, 11) is 0. The van der Waals surface area contributed by atoms with E-state index in [2.05, 4.69) is 12.0 Å². The molecule has 4 rings (SSSR count). The van der Waals surface area contributed by atoms with E-state index in [1.54, 1.807) is 4.90 Å². The molecular formula is C18H26FN3O2. The summed E-state index contributed by atoms with van der Waals surface area (Å²) in [5.41, 5.74) is 0.579. The molecule has 0 spiro atoms. The van der Waals surface area contributed by atoms with Gasteiger partial charge in [0.05, 0.1) is 18.5 Å². The molecule has 0 aromatic carbocycles. The molecule has 0 unspecified atom stereocenters. The molecule has 6 heteroatoms. The number of hydrogen-bond donors (Lipinski definition) is 0. The van der Waals surface area contributed by atoms with E-state index in [1.165, 1.54) is 18.5 Å². The van der Waals surface area contributed by atoms with Crippen LogP contribution in [0.2, 0.25) is 0 Å². The standard InChI is InChI=1S/C18H26FN3O2/c1-2-22-16-14(8-20-22)9-21(17(23)18(19)6-3-7-18)10-15(16)12-24-11-13-4-5-13/h8,13,15H,2-7,9-12H2,1H3/t15-/m0/s1. The van der Waals surface area contributed by atoms with Gasteiger partial charge in [-0.3, -0.25) is 9.48 Å². The van der Waals surface area contributed by atoms with Crippen molar-refractivity contribution >= 4 is 5.91 Å². The fourth-order valence-electron chi connectivity index (χ4n) is 3.84. The Morgan fingerprint density at radius 2 is 2.21 bits per heavy atom. The maximum Gasteiger partial charge on any atom is 0.260 e. The van der Waals surface area contributed by atoms with E-state index in [9.17, 15) is 9.18 Å². The van der Waals surface area contributed by atoms with Gasteiger partial charge in [-0.15, -0.1) is 0 Å². The number of aromatic nitrogens is 2. The highest BCUT2D eigenvalue weighted by molar-refractivity contribution is 5.86. The van der Waals surface area contributed by atoms with E-state index in [0.717, 1.165) is 25.1 Å². The van der Waals surface area contributed by atoms with E-state index in [0.29, 0.717) is 38.5 Å². The summed E-state index contributed by atoms with van der Waals surface area (Å²) >= 11 is 0. The molecule has 1 aromatic rings. The molecule has 0 bridgehead atoms. The molecule has 1 aliphatic heterocycles. The molecule has 0 saturated heterocycles. The summed E-state index contributed by atoms with van der Waals surface area (Å²) in [5, 5.41) is 4.44. The van der Waals surface area contributed by atoms with Gasteiger partial charge in [-0.2, -0.15) is 5.10 Å². The first-order valence-electron chi connectivity index (χ1n) is 9.21. The SMILES string of the molecule is CCn1ncc2c1[C@H](COCC1CC1)CN(C(=O)C1(F)CCC1)C2. The number of carbonyl (C=O) groups excluding carboxylic acids is 1. The summed E-state index contributed by atoms with van der Waals surface area (Å²) in [4.78, 5) is 14.3. The molecule has 0 radical (unpaired) electrons. The van der Waals surface area contributed by atoms with Crippen LogP contribution in [0.15, 0.2) is 6.20 Å². The number of nitrogens with zero attached hydrogens (tertiary/aromatic N) is 3. The minimum Gasteiger partial charge on any atom is -0.380 e. The molecule has 2 fully saturated rings. The Bertz CT molecular complexity index is 622. The summed E-state index contributed by atoms with van der Waals surface area (Å²) in [6.07, 6.45) is 5.90. The van der Waals surface area contributed by atoms with Gasteiger partial charge in [0.25, 0.3) is 5.91 Å². The lowest BCUT2D eigenvalue weighted by Crippen LogP contribution is -2.52. The van der Waals surface area contributed by atoms with Gasteiger partial charge < -0.3 is 9.64 Å². The molecule has 2 heterocycles. The van der Waals surface area contributed by atoms with Crippen molar-refractivity contribution in [2.24, 2.45) is 5.92 Å². The van der Waals surface area contributed by atoms with Crippen molar-refractivity contribution in [1.82, 2.24) is 14.7 Å². The van der Waals surface area contributed by atoms with Crippen LogP contribution in [0.3, 0.4) is 0 Å². The van der Waals surface area contributed by atoms with Crippen LogP contribution in [-0.4, -0.2) is 46.0 Å². The number of halogens is 1. The minimum atomic E-state index is -1.63. The lowest BCUT2D eigenvalue weighted by Gasteiger charge is -2.40. The van der Waals surface area contributed by atoms with E-state index < -0.39 is 5.67 Å². The van der Waals surface area contributed by atoms with Crippen molar-refractivity contribution in [1.29, 1.82) is 0 Å². The molecule has 5 nitrogen and oxygen atoms in total. The third kappa shape index (κ3) is 2.85. The molecule has 24 heavy (non-hydrogen) atoms.